The van der Waals surface area contributed by atoms with Crippen molar-refractivity contribution in [2.75, 3.05) is 12.4 Å². The molecule has 0 spiro atoms. The summed E-state index contributed by atoms with van der Waals surface area (Å²) in [6.07, 6.45) is 3.97. The van der Waals surface area contributed by atoms with Crippen molar-refractivity contribution >= 4 is 12.0 Å². The number of benzene rings is 1. The Morgan fingerprint density at radius 2 is 1.38 bits per heavy atom. The van der Waals surface area contributed by atoms with Gasteiger partial charge in [0, 0.05) is 30.7 Å². The van der Waals surface area contributed by atoms with E-state index in [1.54, 1.807) is 24.5 Å². The zero-order valence-electron chi connectivity index (χ0n) is 14.1. The summed E-state index contributed by atoms with van der Waals surface area (Å²) < 4.78 is 0. The van der Waals surface area contributed by atoms with Gasteiger partial charge in [-0.3, -0.25) is 9.78 Å². The second-order valence-corrected chi connectivity index (χ2v) is 3.51. The zero-order valence-corrected chi connectivity index (χ0v) is 14.1. The van der Waals surface area contributed by atoms with E-state index in [2.05, 4.69) is 41.5 Å². The lowest BCUT2D eigenvalue weighted by molar-refractivity contribution is 0.112. The second-order valence-electron chi connectivity index (χ2n) is 3.51. The summed E-state index contributed by atoms with van der Waals surface area (Å²) in [7, 11) is 1.92. The van der Waals surface area contributed by atoms with Crippen LogP contribution in [0.2, 0.25) is 0 Å². The van der Waals surface area contributed by atoms with Crippen molar-refractivity contribution in [1.82, 2.24) is 4.98 Å². The summed E-state index contributed by atoms with van der Waals surface area (Å²) in [5, 5.41) is 3.05. The Labute approximate surface area is 129 Å². The van der Waals surface area contributed by atoms with Crippen molar-refractivity contribution in [3.8, 4) is 0 Å². The molecule has 0 aliphatic heterocycles. The molecule has 2 rings (SSSR count). The lowest BCUT2D eigenvalue weighted by Crippen LogP contribution is -1.85. The van der Waals surface area contributed by atoms with Crippen LogP contribution in [0.15, 0.2) is 48.8 Å². The molecule has 0 amide bonds. The van der Waals surface area contributed by atoms with Gasteiger partial charge in [0.05, 0.1) is 0 Å². The number of nitrogens with zero attached hydrogens (tertiary/aromatic N) is 1. The monoisotopic (exact) mass is 288 g/mol. The van der Waals surface area contributed by atoms with Crippen LogP contribution in [0.25, 0.3) is 0 Å². The van der Waals surface area contributed by atoms with Crippen LogP contribution in [-0.4, -0.2) is 18.3 Å². The lowest BCUT2D eigenvalue weighted by atomic mass is 10.2. The van der Waals surface area contributed by atoms with Gasteiger partial charge in [0.25, 0.3) is 0 Å². The van der Waals surface area contributed by atoms with E-state index in [4.69, 9.17) is 0 Å². The van der Waals surface area contributed by atoms with E-state index in [1.165, 1.54) is 11.3 Å². The first kappa shape index (κ1) is 21.1. The fraction of sp³-hybridized carbons (Fsp3) is 0.333. The van der Waals surface area contributed by atoms with E-state index in [9.17, 15) is 4.79 Å². The smallest absolute Gasteiger partial charge is 0.150 e. The summed E-state index contributed by atoms with van der Waals surface area (Å²) in [6.45, 7) is 10.1. The van der Waals surface area contributed by atoms with Gasteiger partial charge >= 0.3 is 0 Å². The van der Waals surface area contributed by atoms with Crippen molar-refractivity contribution in [2.45, 2.75) is 34.6 Å². The molecule has 0 aliphatic rings. The molecule has 1 aromatic carbocycles. The Kier molecular flexibility index (Phi) is 16.0. The first-order valence-electron chi connectivity index (χ1n) is 7.36. The third-order valence-electron chi connectivity index (χ3n) is 2.18. The van der Waals surface area contributed by atoms with Crippen LogP contribution < -0.4 is 5.32 Å². The largest absolute Gasteiger partial charge is 0.388 e. The van der Waals surface area contributed by atoms with Crippen molar-refractivity contribution in [1.29, 1.82) is 0 Å². The Balaban J connectivity index is 0. The molecule has 1 aromatic heterocycles. The number of carbonyl (C=O) groups is 1. The molecular formula is C18H28N2O. The Morgan fingerprint density at radius 1 is 0.905 bits per heavy atom. The highest BCUT2D eigenvalue weighted by Crippen LogP contribution is 2.06. The van der Waals surface area contributed by atoms with Gasteiger partial charge < -0.3 is 5.32 Å². The molecule has 0 unspecified atom stereocenters. The second kappa shape index (κ2) is 15.9. The number of anilines is 1. The van der Waals surface area contributed by atoms with Gasteiger partial charge in [-0.1, -0.05) is 45.4 Å². The number of aldehydes is 1. The fourth-order valence-corrected chi connectivity index (χ4v) is 1.16. The minimum Gasteiger partial charge on any atom is -0.388 e. The number of hydrogen-bond acceptors (Lipinski definition) is 3. The average Bonchev–Trinajstić information content (AvgIpc) is 2.60. The topological polar surface area (TPSA) is 42.0 Å². The predicted octanol–water partition coefficient (Wildman–Crippen LogP) is 4.98. The SMILES string of the molecule is CC.CC.CNc1ccc(C)cc1.O=Cc1ccncc1. The standard InChI is InChI=1S/C8H11N.C6H5NO.2C2H6/c1-7-3-5-8(9-2)6-4-7;8-5-6-1-3-7-4-2-6;2*1-2/h3-6,9H,1-2H3;1-5H;2*1-2H3. The van der Waals surface area contributed by atoms with Crippen LogP contribution in [0.1, 0.15) is 43.6 Å². The normalized spacial score (nSPS) is 7.71. The van der Waals surface area contributed by atoms with Gasteiger partial charge in [0.1, 0.15) is 6.29 Å². The van der Waals surface area contributed by atoms with E-state index in [1.807, 2.05) is 34.7 Å². The van der Waals surface area contributed by atoms with Crippen LogP contribution in [0.5, 0.6) is 0 Å². The number of pyridine rings is 1. The fourth-order valence-electron chi connectivity index (χ4n) is 1.16. The van der Waals surface area contributed by atoms with Crippen LogP contribution >= 0.6 is 0 Å². The minimum atomic E-state index is 0.667. The number of carbonyl (C=O) groups excluding carboxylic acids is 1. The molecule has 0 fully saturated rings. The average molecular weight is 288 g/mol. The quantitative estimate of drug-likeness (QED) is 0.792. The maximum Gasteiger partial charge on any atom is 0.150 e. The van der Waals surface area contributed by atoms with Crippen molar-refractivity contribution in [2.24, 2.45) is 0 Å². The van der Waals surface area contributed by atoms with Gasteiger partial charge in [-0.05, 0) is 31.2 Å². The van der Waals surface area contributed by atoms with Crippen LogP contribution in [0.4, 0.5) is 5.69 Å². The molecular weight excluding hydrogens is 260 g/mol. The van der Waals surface area contributed by atoms with Gasteiger partial charge in [-0.15, -0.1) is 0 Å². The summed E-state index contributed by atoms with van der Waals surface area (Å²) in [5.74, 6) is 0. The molecule has 1 heterocycles. The van der Waals surface area contributed by atoms with Gasteiger partial charge in [0.15, 0.2) is 0 Å². The number of aryl methyl sites for hydroxylation is 1. The highest BCUT2D eigenvalue weighted by atomic mass is 16.1. The molecule has 0 bridgehead atoms. The number of rotatable bonds is 2. The summed E-state index contributed by atoms with van der Waals surface area (Å²) in [6, 6.07) is 11.6. The van der Waals surface area contributed by atoms with Gasteiger partial charge in [-0.25, -0.2) is 0 Å². The molecule has 2 aromatic rings. The number of nitrogens with one attached hydrogen (secondary N) is 1. The van der Waals surface area contributed by atoms with E-state index < -0.39 is 0 Å². The molecule has 21 heavy (non-hydrogen) atoms. The predicted molar refractivity (Wildman–Crippen MR) is 93.0 cm³/mol. The highest BCUT2D eigenvalue weighted by Gasteiger charge is 1.83. The zero-order chi connectivity index (χ0) is 16.5. The number of aromatic nitrogens is 1. The van der Waals surface area contributed by atoms with E-state index in [0.29, 0.717) is 5.56 Å². The lowest BCUT2D eigenvalue weighted by Gasteiger charge is -1.97. The molecule has 3 nitrogen and oxygen atoms in total. The van der Waals surface area contributed by atoms with E-state index in [0.717, 1.165) is 6.29 Å². The Bertz CT molecular complexity index is 439. The highest BCUT2D eigenvalue weighted by molar-refractivity contribution is 5.73. The molecule has 1 N–H and O–H groups in total. The maximum atomic E-state index is 9.98. The molecule has 116 valence electrons. The van der Waals surface area contributed by atoms with Crippen molar-refractivity contribution in [3.63, 3.8) is 0 Å². The molecule has 0 aliphatic carbocycles. The van der Waals surface area contributed by atoms with Gasteiger partial charge in [0.2, 0.25) is 0 Å². The summed E-state index contributed by atoms with van der Waals surface area (Å²) in [5.41, 5.74) is 3.13. The first-order chi connectivity index (χ1) is 10.3. The Morgan fingerprint density at radius 3 is 1.71 bits per heavy atom. The summed E-state index contributed by atoms with van der Waals surface area (Å²) in [4.78, 5) is 13.7. The maximum absolute atomic E-state index is 9.98. The minimum absolute atomic E-state index is 0.667. The van der Waals surface area contributed by atoms with Gasteiger partial charge in [-0.2, -0.15) is 0 Å². The summed E-state index contributed by atoms with van der Waals surface area (Å²) >= 11 is 0. The Hall–Kier alpha value is -2.16. The molecule has 0 atom stereocenters. The third-order valence-corrected chi connectivity index (χ3v) is 2.18. The van der Waals surface area contributed by atoms with Crippen LogP contribution in [0.3, 0.4) is 0 Å². The van der Waals surface area contributed by atoms with Crippen LogP contribution in [-0.2, 0) is 0 Å². The van der Waals surface area contributed by atoms with E-state index in [-0.39, 0.29) is 0 Å². The van der Waals surface area contributed by atoms with E-state index >= 15 is 0 Å². The molecule has 3 heteroatoms. The third kappa shape index (κ3) is 11.4. The molecule has 0 radical (unpaired) electrons. The number of hydrogen-bond donors (Lipinski definition) is 1. The molecule has 0 saturated carbocycles. The van der Waals surface area contributed by atoms with Crippen molar-refractivity contribution < 1.29 is 4.79 Å². The molecule has 0 saturated heterocycles. The van der Waals surface area contributed by atoms with Crippen LogP contribution in [0, 0.1) is 6.92 Å². The van der Waals surface area contributed by atoms with Crippen molar-refractivity contribution in [3.05, 3.63) is 59.9 Å². The first-order valence-corrected chi connectivity index (χ1v) is 7.36.